The molecular formula is C10H17NS. The summed E-state index contributed by atoms with van der Waals surface area (Å²) in [4.78, 5) is 0. The molecule has 0 aromatic heterocycles. The molecule has 0 heterocycles. The molecule has 1 rings (SSSR count). The predicted molar refractivity (Wildman–Crippen MR) is 54.1 cm³/mol. The van der Waals surface area contributed by atoms with E-state index in [0.29, 0.717) is 11.7 Å². The van der Waals surface area contributed by atoms with Crippen LogP contribution < -0.4 is 0 Å². The minimum Gasteiger partial charge on any atom is -0.198 e. The van der Waals surface area contributed by atoms with Gasteiger partial charge in [-0.2, -0.15) is 17.0 Å². The van der Waals surface area contributed by atoms with Crippen LogP contribution in [-0.4, -0.2) is 11.0 Å². The van der Waals surface area contributed by atoms with Gasteiger partial charge in [0.15, 0.2) is 0 Å². The molecule has 0 radical (unpaired) electrons. The van der Waals surface area contributed by atoms with Gasteiger partial charge in [0.05, 0.1) is 6.07 Å². The first-order valence-electron chi connectivity index (χ1n) is 4.81. The number of nitriles is 1. The summed E-state index contributed by atoms with van der Waals surface area (Å²) in [5.41, 5.74) is 0. The molecule has 0 aromatic rings. The van der Waals surface area contributed by atoms with E-state index in [1.807, 2.05) is 11.8 Å². The fourth-order valence-corrected chi connectivity index (χ4v) is 2.79. The van der Waals surface area contributed by atoms with Crippen LogP contribution in [-0.2, 0) is 0 Å². The van der Waals surface area contributed by atoms with E-state index in [4.69, 9.17) is 5.26 Å². The van der Waals surface area contributed by atoms with E-state index in [-0.39, 0.29) is 0 Å². The van der Waals surface area contributed by atoms with Gasteiger partial charge in [0.1, 0.15) is 0 Å². The fourth-order valence-electron chi connectivity index (χ4n) is 1.66. The maximum Gasteiger partial charge on any atom is 0.0633 e. The second-order valence-electron chi connectivity index (χ2n) is 3.66. The third-order valence-electron chi connectivity index (χ3n) is 2.47. The van der Waals surface area contributed by atoms with Crippen LogP contribution in [0.3, 0.4) is 0 Å². The van der Waals surface area contributed by atoms with Crippen molar-refractivity contribution in [3.05, 3.63) is 0 Å². The first kappa shape index (κ1) is 9.92. The minimum absolute atomic E-state index is 0.538. The monoisotopic (exact) mass is 183 g/mol. The molecule has 0 spiro atoms. The zero-order valence-corrected chi connectivity index (χ0v) is 8.57. The van der Waals surface area contributed by atoms with E-state index >= 15 is 0 Å². The van der Waals surface area contributed by atoms with Gasteiger partial charge < -0.3 is 0 Å². The summed E-state index contributed by atoms with van der Waals surface area (Å²) in [5, 5.41) is 9.00. The van der Waals surface area contributed by atoms with E-state index in [1.54, 1.807) is 0 Å². The van der Waals surface area contributed by atoms with Gasteiger partial charge >= 0.3 is 0 Å². The topological polar surface area (TPSA) is 23.8 Å². The van der Waals surface area contributed by atoms with Crippen molar-refractivity contribution in [3.63, 3.8) is 0 Å². The maximum absolute atomic E-state index is 8.47. The van der Waals surface area contributed by atoms with Crippen LogP contribution in [0, 0.1) is 17.2 Å². The molecule has 0 bridgehead atoms. The Balaban J connectivity index is 2.04. The normalized spacial score (nSPS) is 20.7. The number of hydrogen-bond donors (Lipinski definition) is 0. The summed E-state index contributed by atoms with van der Waals surface area (Å²) in [5.74, 6) is 2.24. The molecule has 0 aromatic carbocycles. The lowest BCUT2D eigenvalue weighted by atomic mass is 10.1. The van der Waals surface area contributed by atoms with Crippen LogP contribution in [0.15, 0.2) is 0 Å². The fraction of sp³-hybridized carbons (Fsp3) is 0.900. The summed E-state index contributed by atoms with van der Waals surface area (Å²) in [7, 11) is 0. The van der Waals surface area contributed by atoms with Crippen LogP contribution in [0.25, 0.3) is 0 Å². The zero-order valence-electron chi connectivity index (χ0n) is 7.75. The van der Waals surface area contributed by atoms with Crippen molar-refractivity contribution in [2.45, 2.75) is 44.3 Å². The second-order valence-corrected chi connectivity index (χ2v) is 5.13. The van der Waals surface area contributed by atoms with Crippen molar-refractivity contribution in [3.8, 4) is 6.07 Å². The second kappa shape index (κ2) is 5.48. The van der Waals surface area contributed by atoms with Gasteiger partial charge in [0.2, 0.25) is 0 Å². The molecule has 1 saturated carbocycles. The third-order valence-corrected chi connectivity index (χ3v) is 3.87. The maximum atomic E-state index is 8.47. The van der Waals surface area contributed by atoms with Gasteiger partial charge in [0, 0.05) is 11.7 Å². The van der Waals surface area contributed by atoms with E-state index in [1.165, 1.54) is 31.4 Å². The van der Waals surface area contributed by atoms with Gasteiger partial charge in [0.25, 0.3) is 0 Å². The molecule has 1 aliphatic rings. The standard InChI is InChI=1S/C10H17NS/c1-9(6-7-11)12-8-10-4-2-3-5-10/h9-10H,2-6,8H2,1H3. The molecule has 0 N–H and O–H groups in total. The van der Waals surface area contributed by atoms with Crippen molar-refractivity contribution < 1.29 is 0 Å². The number of thioether (sulfide) groups is 1. The Morgan fingerprint density at radius 1 is 1.50 bits per heavy atom. The molecule has 1 unspecified atom stereocenters. The van der Waals surface area contributed by atoms with E-state index in [0.717, 1.165) is 5.92 Å². The molecule has 0 saturated heterocycles. The summed E-state index contributed by atoms with van der Waals surface area (Å²) in [6, 6.07) is 2.22. The Morgan fingerprint density at radius 3 is 2.75 bits per heavy atom. The first-order chi connectivity index (χ1) is 5.83. The van der Waals surface area contributed by atoms with Crippen LogP contribution in [0.5, 0.6) is 0 Å². The van der Waals surface area contributed by atoms with Gasteiger partial charge in [-0.1, -0.05) is 19.8 Å². The summed E-state index contributed by atoms with van der Waals surface area (Å²) < 4.78 is 0. The quantitative estimate of drug-likeness (QED) is 0.668. The predicted octanol–water partition coefficient (Wildman–Crippen LogP) is 3.21. The Labute approximate surface area is 79.5 Å². The van der Waals surface area contributed by atoms with Gasteiger partial charge in [-0.05, 0) is 24.5 Å². The molecule has 1 atom stereocenters. The van der Waals surface area contributed by atoms with E-state index in [9.17, 15) is 0 Å². The summed E-state index contributed by atoms with van der Waals surface area (Å²) in [6.07, 6.45) is 6.41. The lowest BCUT2D eigenvalue weighted by Crippen LogP contribution is -2.02. The molecule has 68 valence electrons. The van der Waals surface area contributed by atoms with Gasteiger partial charge in [-0.3, -0.25) is 0 Å². The molecular weight excluding hydrogens is 166 g/mol. The van der Waals surface area contributed by atoms with Crippen molar-refractivity contribution in [2.75, 3.05) is 5.75 Å². The summed E-state index contributed by atoms with van der Waals surface area (Å²) >= 11 is 1.98. The van der Waals surface area contributed by atoms with Gasteiger partial charge in [-0.15, -0.1) is 0 Å². The van der Waals surface area contributed by atoms with Crippen LogP contribution >= 0.6 is 11.8 Å². The minimum atomic E-state index is 0.538. The Bertz CT molecular complexity index is 156. The highest BCUT2D eigenvalue weighted by atomic mass is 32.2. The smallest absolute Gasteiger partial charge is 0.0633 e. The summed E-state index contributed by atoms with van der Waals surface area (Å²) in [6.45, 7) is 2.16. The number of rotatable bonds is 4. The van der Waals surface area contributed by atoms with Crippen molar-refractivity contribution in [2.24, 2.45) is 5.92 Å². The van der Waals surface area contributed by atoms with Crippen LogP contribution in [0.1, 0.15) is 39.0 Å². The average molecular weight is 183 g/mol. The molecule has 1 fully saturated rings. The molecule has 12 heavy (non-hydrogen) atoms. The first-order valence-corrected chi connectivity index (χ1v) is 5.86. The molecule has 1 nitrogen and oxygen atoms in total. The highest BCUT2D eigenvalue weighted by Crippen LogP contribution is 2.29. The Kier molecular flexibility index (Phi) is 4.53. The average Bonchev–Trinajstić information content (AvgIpc) is 2.53. The van der Waals surface area contributed by atoms with E-state index in [2.05, 4.69) is 13.0 Å². The van der Waals surface area contributed by atoms with Crippen molar-refractivity contribution in [1.29, 1.82) is 5.26 Å². The largest absolute Gasteiger partial charge is 0.198 e. The van der Waals surface area contributed by atoms with Gasteiger partial charge in [-0.25, -0.2) is 0 Å². The SMILES string of the molecule is CC(CC#N)SCC1CCCC1. The molecule has 2 heteroatoms. The molecule has 0 aliphatic heterocycles. The van der Waals surface area contributed by atoms with Crippen molar-refractivity contribution in [1.82, 2.24) is 0 Å². The molecule has 0 amide bonds. The van der Waals surface area contributed by atoms with E-state index < -0.39 is 0 Å². The highest BCUT2D eigenvalue weighted by molar-refractivity contribution is 7.99. The van der Waals surface area contributed by atoms with Crippen LogP contribution in [0.4, 0.5) is 0 Å². The Hall–Kier alpha value is -0.160. The third kappa shape index (κ3) is 3.49. The zero-order chi connectivity index (χ0) is 8.81. The Morgan fingerprint density at radius 2 is 2.17 bits per heavy atom. The lowest BCUT2D eigenvalue weighted by Gasteiger charge is -2.11. The lowest BCUT2D eigenvalue weighted by molar-refractivity contribution is 0.622. The number of hydrogen-bond acceptors (Lipinski definition) is 2. The highest BCUT2D eigenvalue weighted by Gasteiger charge is 2.15. The number of nitrogens with zero attached hydrogens (tertiary/aromatic N) is 1. The van der Waals surface area contributed by atoms with Crippen molar-refractivity contribution >= 4 is 11.8 Å². The van der Waals surface area contributed by atoms with Crippen LogP contribution in [0.2, 0.25) is 0 Å². The molecule has 1 aliphatic carbocycles.